The third-order valence-electron chi connectivity index (χ3n) is 3.90. The van der Waals surface area contributed by atoms with Gasteiger partial charge in [-0.3, -0.25) is 9.59 Å². The lowest BCUT2D eigenvalue weighted by atomic mass is 10.3. The molecule has 9 nitrogen and oxygen atoms in total. The minimum atomic E-state index is -3.87. The Labute approximate surface area is 171 Å². The second kappa shape index (κ2) is 8.55. The molecule has 2 N–H and O–H groups in total. The van der Waals surface area contributed by atoms with Crippen LogP contribution in [0.25, 0.3) is 10.6 Å². The number of nitrogens with one attached hydrogen (secondary N) is 2. The summed E-state index contributed by atoms with van der Waals surface area (Å²) in [4.78, 5) is 24.0. The highest BCUT2D eigenvalue weighted by Gasteiger charge is 2.25. The predicted octanol–water partition coefficient (Wildman–Crippen LogP) is 1.77. The molecule has 0 bridgehead atoms. The Morgan fingerprint density at radius 1 is 1.24 bits per heavy atom. The topological polar surface area (TPSA) is 121 Å². The molecule has 0 radical (unpaired) electrons. The quantitative estimate of drug-likeness (QED) is 0.584. The van der Waals surface area contributed by atoms with Crippen molar-refractivity contribution in [3.8, 4) is 16.3 Å². The molecule has 0 aliphatic rings. The second-order valence-electron chi connectivity index (χ2n) is 5.97. The average molecular weight is 434 g/mol. The van der Waals surface area contributed by atoms with Crippen LogP contribution in [0.2, 0.25) is 0 Å². The summed E-state index contributed by atoms with van der Waals surface area (Å²) >= 11 is 1.00. The maximum atomic E-state index is 12.8. The van der Waals surface area contributed by atoms with Gasteiger partial charge in [0.25, 0.3) is 15.6 Å². The van der Waals surface area contributed by atoms with E-state index in [9.17, 15) is 18.0 Å². The Kier molecular flexibility index (Phi) is 6.11. The van der Waals surface area contributed by atoms with E-state index in [1.807, 2.05) is 0 Å². The molecule has 3 rings (SSSR count). The fraction of sp³-hybridized carbons (Fsp3) is 0.167. The van der Waals surface area contributed by atoms with Crippen molar-refractivity contribution < 1.29 is 17.9 Å². The van der Waals surface area contributed by atoms with Crippen LogP contribution in [0.4, 0.5) is 5.69 Å². The highest BCUT2D eigenvalue weighted by molar-refractivity contribution is 7.91. The minimum absolute atomic E-state index is 0.0668. The van der Waals surface area contributed by atoms with E-state index in [-0.39, 0.29) is 16.3 Å². The number of H-pyrrole nitrogens is 1. The average Bonchev–Trinajstić information content (AvgIpc) is 3.19. The van der Waals surface area contributed by atoms with Crippen LogP contribution in [0, 0.1) is 0 Å². The number of anilines is 1. The molecule has 0 aliphatic carbocycles. The number of carbonyl (C=O) groups excluding carboxylic acids is 1. The van der Waals surface area contributed by atoms with Crippen molar-refractivity contribution in [1.82, 2.24) is 14.5 Å². The largest absolute Gasteiger partial charge is 0.497 e. The zero-order chi connectivity index (χ0) is 21.0. The molecule has 0 atom stereocenters. The summed E-state index contributed by atoms with van der Waals surface area (Å²) in [5, 5.41) is 8.84. The van der Waals surface area contributed by atoms with E-state index >= 15 is 0 Å². The number of nitrogens with zero attached hydrogens (tertiary/aromatic N) is 2. The van der Waals surface area contributed by atoms with Crippen LogP contribution in [0.3, 0.4) is 0 Å². The fourth-order valence-electron chi connectivity index (χ4n) is 2.42. The maximum absolute atomic E-state index is 12.8. The van der Waals surface area contributed by atoms with Crippen molar-refractivity contribution in [2.45, 2.75) is 4.21 Å². The highest BCUT2D eigenvalue weighted by Crippen LogP contribution is 2.30. The molecule has 1 amide bonds. The van der Waals surface area contributed by atoms with E-state index in [0.717, 1.165) is 15.6 Å². The van der Waals surface area contributed by atoms with Gasteiger partial charge in [-0.05, 0) is 30.3 Å². The number of rotatable bonds is 7. The van der Waals surface area contributed by atoms with Gasteiger partial charge in [-0.15, -0.1) is 11.3 Å². The second-order valence-corrected chi connectivity index (χ2v) is 9.32. The van der Waals surface area contributed by atoms with Gasteiger partial charge in [0, 0.05) is 24.9 Å². The number of amides is 1. The Hall–Kier alpha value is -3.02. The van der Waals surface area contributed by atoms with Crippen molar-refractivity contribution in [1.29, 1.82) is 0 Å². The van der Waals surface area contributed by atoms with Crippen LogP contribution < -0.4 is 15.6 Å². The van der Waals surface area contributed by atoms with Crippen LogP contribution in [-0.2, 0) is 14.8 Å². The van der Waals surface area contributed by atoms with E-state index in [2.05, 4.69) is 15.5 Å². The van der Waals surface area contributed by atoms with E-state index in [1.54, 1.807) is 30.3 Å². The first-order valence-corrected chi connectivity index (χ1v) is 10.6. The number of thiophene rings is 1. The molecule has 3 aromatic rings. The third kappa shape index (κ3) is 4.88. The summed E-state index contributed by atoms with van der Waals surface area (Å²) in [5.41, 5.74) is 0.608. The Balaban J connectivity index is 1.71. The van der Waals surface area contributed by atoms with Crippen molar-refractivity contribution in [2.24, 2.45) is 0 Å². The number of ether oxygens (including phenoxy) is 1. The molecule has 0 fully saturated rings. The smallest absolute Gasteiger partial charge is 0.264 e. The zero-order valence-electron chi connectivity index (χ0n) is 15.6. The first-order chi connectivity index (χ1) is 13.8. The SMILES string of the molecule is COc1cccc(NC(=O)CN(C)S(=O)(=O)c2ccc(-c3ccc(=O)[nH]n3)s2)c1. The number of hydrogen-bond donors (Lipinski definition) is 2. The monoisotopic (exact) mass is 434 g/mol. The molecule has 0 aliphatic heterocycles. The maximum Gasteiger partial charge on any atom is 0.264 e. The first-order valence-electron chi connectivity index (χ1n) is 8.36. The molecular formula is C18H18N4O5S2. The van der Waals surface area contributed by atoms with Crippen LogP contribution >= 0.6 is 11.3 Å². The van der Waals surface area contributed by atoms with Gasteiger partial charge in [-0.2, -0.15) is 9.40 Å². The van der Waals surface area contributed by atoms with Gasteiger partial charge >= 0.3 is 0 Å². The molecule has 0 saturated carbocycles. The Morgan fingerprint density at radius 2 is 2.03 bits per heavy atom. The number of carbonyl (C=O) groups is 1. The first kappa shape index (κ1) is 20.7. The van der Waals surface area contributed by atoms with Crippen LogP contribution in [-0.4, -0.2) is 49.5 Å². The minimum Gasteiger partial charge on any atom is -0.497 e. The number of aromatic amines is 1. The van der Waals surface area contributed by atoms with Gasteiger partial charge in [0.2, 0.25) is 5.91 Å². The molecule has 0 saturated heterocycles. The van der Waals surface area contributed by atoms with E-state index in [0.29, 0.717) is 22.0 Å². The molecular weight excluding hydrogens is 416 g/mol. The van der Waals surface area contributed by atoms with Gasteiger partial charge in [-0.1, -0.05) is 6.07 Å². The zero-order valence-corrected chi connectivity index (χ0v) is 17.2. The molecule has 0 spiro atoms. The van der Waals surface area contributed by atoms with E-state index in [1.165, 1.54) is 32.4 Å². The van der Waals surface area contributed by atoms with Gasteiger partial charge in [0.15, 0.2) is 0 Å². The molecule has 11 heteroatoms. The predicted molar refractivity (Wildman–Crippen MR) is 110 cm³/mol. The lowest BCUT2D eigenvalue weighted by Gasteiger charge is -2.16. The summed E-state index contributed by atoms with van der Waals surface area (Å²) in [7, 11) is -1.02. The lowest BCUT2D eigenvalue weighted by Crippen LogP contribution is -2.34. The van der Waals surface area contributed by atoms with Gasteiger partial charge in [0.1, 0.15) is 15.7 Å². The van der Waals surface area contributed by atoms with Gasteiger partial charge in [-0.25, -0.2) is 13.5 Å². The van der Waals surface area contributed by atoms with Crippen LogP contribution in [0.1, 0.15) is 0 Å². The van der Waals surface area contributed by atoms with Crippen molar-refractivity contribution in [3.63, 3.8) is 0 Å². The van der Waals surface area contributed by atoms with Crippen LogP contribution in [0.5, 0.6) is 5.75 Å². The number of sulfonamides is 1. The molecule has 2 heterocycles. The standard InChI is InChI=1S/C18H18N4O5S2/c1-22(11-17(24)19-12-4-3-5-13(10-12)27-2)29(25,26)18-9-7-15(28-18)14-6-8-16(23)21-20-14/h3-10H,11H2,1-2H3,(H,19,24)(H,21,23). The van der Waals surface area contributed by atoms with Crippen molar-refractivity contribution >= 4 is 33.0 Å². The lowest BCUT2D eigenvalue weighted by molar-refractivity contribution is -0.116. The van der Waals surface area contributed by atoms with Crippen molar-refractivity contribution in [2.75, 3.05) is 26.0 Å². The van der Waals surface area contributed by atoms with Crippen molar-refractivity contribution in [3.05, 3.63) is 58.9 Å². The fourth-order valence-corrected chi connectivity index (χ4v) is 5.03. The molecule has 0 unspecified atom stereocenters. The number of methoxy groups -OCH3 is 1. The van der Waals surface area contributed by atoms with Gasteiger partial charge in [0.05, 0.1) is 18.5 Å². The normalized spacial score (nSPS) is 11.4. The molecule has 2 aromatic heterocycles. The third-order valence-corrected chi connectivity index (χ3v) is 7.28. The molecule has 152 valence electrons. The number of likely N-dealkylation sites (N-methyl/N-ethyl adjacent to an activating group) is 1. The van der Waals surface area contributed by atoms with Crippen LogP contribution in [0.15, 0.2) is 57.5 Å². The number of hydrogen-bond acceptors (Lipinski definition) is 7. The van der Waals surface area contributed by atoms with E-state index in [4.69, 9.17) is 4.74 Å². The number of benzene rings is 1. The van der Waals surface area contributed by atoms with Gasteiger partial charge < -0.3 is 10.1 Å². The summed E-state index contributed by atoms with van der Waals surface area (Å²) in [6.07, 6.45) is 0. The van der Waals surface area contributed by atoms with E-state index < -0.39 is 15.9 Å². The molecule has 1 aromatic carbocycles. The highest BCUT2D eigenvalue weighted by atomic mass is 32.2. The molecule has 29 heavy (non-hydrogen) atoms. The Morgan fingerprint density at radius 3 is 2.72 bits per heavy atom. The summed E-state index contributed by atoms with van der Waals surface area (Å²) < 4.78 is 31.7. The summed E-state index contributed by atoms with van der Waals surface area (Å²) in [5.74, 6) is 0.0918. The summed E-state index contributed by atoms with van der Waals surface area (Å²) in [6, 6.07) is 12.6. The summed E-state index contributed by atoms with van der Waals surface area (Å²) in [6.45, 7) is -0.357. The number of aromatic nitrogens is 2. The Bertz CT molecular complexity index is 1170.